The highest BCUT2D eigenvalue weighted by Gasteiger charge is 2.14. The molecule has 2 aromatic rings. The first-order valence-electron chi connectivity index (χ1n) is 5.67. The second-order valence-corrected chi connectivity index (χ2v) is 5.02. The van der Waals surface area contributed by atoms with Crippen LogP contribution in [-0.2, 0) is 7.05 Å². The van der Waals surface area contributed by atoms with Gasteiger partial charge >= 0.3 is 0 Å². The van der Waals surface area contributed by atoms with E-state index in [1.807, 2.05) is 20.0 Å². The summed E-state index contributed by atoms with van der Waals surface area (Å²) in [6.45, 7) is 2.01. The molecule has 0 spiro atoms. The number of halogens is 1. The molecule has 1 N–H and O–H groups in total. The Morgan fingerprint density at radius 2 is 2.21 bits per heavy atom. The molecule has 6 nitrogen and oxygen atoms in total. The van der Waals surface area contributed by atoms with Crippen molar-refractivity contribution in [3.05, 3.63) is 50.7 Å². The topological polar surface area (TPSA) is 73.0 Å². The Hall–Kier alpha value is -1.89. The first-order chi connectivity index (χ1) is 8.99. The van der Waals surface area contributed by atoms with Gasteiger partial charge in [-0.25, -0.2) is 0 Å². The molecule has 1 aromatic heterocycles. The van der Waals surface area contributed by atoms with E-state index in [-0.39, 0.29) is 11.7 Å². The molecule has 0 saturated heterocycles. The quantitative estimate of drug-likeness (QED) is 0.692. The van der Waals surface area contributed by atoms with Gasteiger partial charge in [0, 0.05) is 25.0 Å². The summed E-state index contributed by atoms with van der Waals surface area (Å²) in [7, 11) is 1.87. The number of benzene rings is 1. The number of anilines is 1. The molecule has 7 heteroatoms. The maximum atomic E-state index is 10.7. The predicted molar refractivity (Wildman–Crippen MR) is 76.0 cm³/mol. The van der Waals surface area contributed by atoms with Crippen LogP contribution in [0.3, 0.4) is 0 Å². The van der Waals surface area contributed by atoms with Crippen molar-refractivity contribution in [2.24, 2.45) is 7.05 Å². The van der Waals surface area contributed by atoms with E-state index < -0.39 is 4.92 Å². The highest BCUT2D eigenvalue weighted by Crippen LogP contribution is 2.29. The molecular weight excluding hydrogens is 312 g/mol. The van der Waals surface area contributed by atoms with E-state index in [2.05, 4.69) is 26.3 Å². The number of aromatic nitrogens is 2. The maximum Gasteiger partial charge on any atom is 0.283 e. The van der Waals surface area contributed by atoms with Crippen LogP contribution in [0.4, 0.5) is 11.4 Å². The minimum Gasteiger partial charge on any atom is -0.377 e. The van der Waals surface area contributed by atoms with E-state index in [0.29, 0.717) is 4.47 Å². The smallest absolute Gasteiger partial charge is 0.283 e. The van der Waals surface area contributed by atoms with Gasteiger partial charge in [-0.1, -0.05) is 0 Å². The van der Waals surface area contributed by atoms with Gasteiger partial charge in [-0.3, -0.25) is 14.8 Å². The molecule has 0 aliphatic rings. The van der Waals surface area contributed by atoms with Crippen LogP contribution >= 0.6 is 15.9 Å². The van der Waals surface area contributed by atoms with Crippen LogP contribution in [0, 0.1) is 10.1 Å². The second kappa shape index (κ2) is 5.40. The van der Waals surface area contributed by atoms with Gasteiger partial charge in [0.1, 0.15) is 0 Å². The molecule has 1 atom stereocenters. The average molecular weight is 325 g/mol. The summed E-state index contributed by atoms with van der Waals surface area (Å²) in [5, 5.41) is 18.1. The lowest BCUT2D eigenvalue weighted by Gasteiger charge is -2.15. The van der Waals surface area contributed by atoms with E-state index in [0.717, 1.165) is 11.4 Å². The van der Waals surface area contributed by atoms with Gasteiger partial charge in [0.2, 0.25) is 0 Å². The highest BCUT2D eigenvalue weighted by molar-refractivity contribution is 9.10. The lowest BCUT2D eigenvalue weighted by molar-refractivity contribution is -0.385. The number of nitro benzene ring substituents is 1. The zero-order chi connectivity index (χ0) is 14.0. The van der Waals surface area contributed by atoms with E-state index in [4.69, 9.17) is 0 Å². The Kier molecular flexibility index (Phi) is 3.84. The van der Waals surface area contributed by atoms with Gasteiger partial charge < -0.3 is 5.32 Å². The first-order valence-corrected chi connectivity index (χ1v) is 6.46. The zero-order valence-corrected chi connectivity index (χ0v) is 12.1. The summed E-state index contributed by atoms with van der Waals surface area (Å²) >= 11 is 3.20. The number of nitro groups is 1. The molecule has 0 saturated carbocycles. The van der Waals surface area contributed by atoms with Gasteiger partial charge in [-0.05, 0) is 41.1 Å². The third-order valence-electron chi connectivity index (χ3n) is 2.83. The molecule has 0 fully saturated rings. The second-order valence-electron chi connectivity index (χ2n) is 4.17. The molecule has 0 amide bonds. The normalized spacial score (nSPS) is 12.2. The SMILES string of the molecule is CC(Nc1ccc([N+](=O)[O-])c(Br)c1)c1ccnn1C. The average Bonchev–Trinajstić information content (AvgIpc) is 2.75. The Balaban J connectivity index is 2.18. The summed E-state index contributed by atoms with van der Waals surface area (Å²) < 4.78 is 2.25. The maximum absolute atomic E-state index is 10.7. The molecule has 19 heavy (non-hydrogen) atoms. The molecule has 100 valence electrons. The number of nitrogens with one attached hydrogen (secondary N) is 1. The summed E-state index contributed by atoms with van der Waals surface area (Å²) in [5.74, 6) is 0. The van der Waals surface area contributed by atoms with Gasteiger partial charge in [-0.2, -0.15) is 5.10 Å². The molecule has 1 aromatic carbocycles. The summed E-state index contributed by atoms with van der Waals surface area (Å²) in [5.41, 5.74) is 1.90. The standard InChI is InChI=1S/C12H13BrN4O2/c1-8(11-5-6-14-16(11)2)15-9-3-4-12(17(18)19)10(13)7-9/h3-8,15H,1-2H3. The van der Waals surface area contributed by atoms with Gasteiger partial charge in [-0.15, -0.1) is 0 Å². The molecule has 1 unspecified atom stereocenters. The van der Waals surface area contributed by atoms with Crippen LogP contribution in [0.15, 0.2) is 34.9 Å². The van der Waals surface area contributed by atoms with Gasteiger partial charge in [0.15, 0.2) is 0 Å². The minimum atomic E-state index is -0.418. The van der Waals surface area contributed by atoms with Crippen molar-refractivity contribution in [3.8, 4) is 0 Å². The fourth-order valence-electron chi connectivity index (χ4n) is 1.88. The Labute approximate surface area is 118 Å². The lowest BCUT2D eigenvalue weighted by Crippen LogP contribution is -2.11. The Bertz CT molecular complexity index is 612. The number of nitrogens with zero attached hydrogens (tertiary/aromatic N) is 3. The Morgan fingerprint density at radius 1 is 1.47 bits per heavy atom. The number of hydrogen-bond donors (Lipinski definition) is 1. The van der Waals surface area contributed by atoms with Gasteiger partial charge in [0.05, 0.1) is 21.1 Å². The number of hydrogen-bond acceptors (Lipinski definition) is 4. The van der Waals surface area contributed by atoms with Crippen molar-refractivity contribution >= 4 is 27.3 Å². The van der Waals surface area contributed by atoms with E-state index in [1.165, 1.54) is 6.07 Å². The lowest BCUT2D eigenvalue weighted by atomic mass is 10.2. The molecule has 0 aliphatic heterocycles. The monoisotopic (exact) mass is 324 g/mol. The molecule has 0 radical (unpaired) electrons. The van der Waals surface area contributed by atoms with Crippen molar-refractivity contribution in [1.82, 2.24) is 9.78 Å². The van der Waals surface area contributed by atoms with Crippen molar-refractivity contribution in [2.45, 2.75) is 13.0 Å². The van der Waals surface area contributed by atoms with E-state index in [9.17, 15) is 10.1 Å². The van der Waals surface area contributed by atoms with Crippen LogP contribution < -0.4 is 5.32 Å². The molecular formula is C12H13BrN4O2. The fourth-order valence-corrected chi connectivity index (χ4v) is 2.40. The van der Waals surface area contributed by atoms with Crippen LogP contribution in [0.2, 0.25) is 0 Å². The minimum absolute atomic E-state index is 0.0544. The van der Waals surface area contributed by atoms with E-state index in [1.54, 1.807) is 23.0 Å². The van der Waals surface area contributed by atoms with Crippen LogP contribution in [-0.4, -0.2) is 14.7 Å². The summed E-state index contributed by atoms with van der Waals surface area (Å²) in [4.78, 5) is 10.3. The highest BCUT2D eigenvalue weighted by atomic mass is 79.9. The molecule has 0 bridgehead atoms. The summed E-state index contributed by atoms with van der Waals surface area (Å²) in [6, 6.07) is 6.85. The number of rotatable bonds is 4. The zero-order valence-electron chi connectivity index (χ0n) is 10.5. The van der Waals surface area contributed by atoms with Crippen molar-refractivity contribution < 1.29 is 4.92 Å². The predicted octanol–water partition coefficient (Wildman–Crippen LogP) is 3.26. The van der Waals surface area contributed by atoms with Crippen LogP contribution in [0.5, 0.6) is 0 Å². The fraction of sp³-hybridized carbons (Fsp3) is 0.250. The van der Waals surface area contributed by atoms with E-state index >= 15 is 0 Å². The third kappa shape index (κ3) is 2.93. The van der Waals surface area contributed by atoms with Gasteiger partial charge in [0.25, 0.3) is 5.69 Å². The summed E-state index contributed by atoms with van der Waals surface area (Å²) in [6.07, 6.45) is 1.74. The van der Waals surface area contributed by atoms with Crippen LogP contribution in [0.1, 0.15) is 18.7 Å². The number of aryl methyl sites for hydroxylation is 1. The van der Waals surface area contributed by atoms with Crippen molar-refractivity contribution in [3.63, 3.8) is 0 Å². The Morgan fingerprint density at radius 3 is 2.74 bits per heavy atom. The molecule has 1 heterocycles. The molecule has 0 aliphatic carbocycles. The molecule has 2 rings (SSSR count). The first kappa shape index (κ1) is 13.5. The van der Waals surface area contributed by atoms with Crippen molar-refractivity contribution in [2.75, 3.05) is 5.32 Å². The van der Waals surface area contributed by atoms with Crippen molar-refractivity contribution in [1.29, 1.82) is 0 Å². The largest absolute Gasteiger partial charge is 0.377 e. The van der Waals surface area contributed by atoms with Crippen LogP contribution in [0.25, 0.3) is 0 Å². The third-order valence-corrected chi connectivity index (χ3v) is 3.47.